The van der Waals surface area contributed by atoms with Crippen molar-refractivity contribution >= 4 is 11.6 Å². The molecule has 1 N–H and O–H groups in total. The Morgan fingerprint density at radius 3 is 2.70 bits per heavy atom. The Kier molecular flexibility index (Phi) is 7.40. The second-order valence-corrected chi connectivity index (χ2v) is 2.10. The summed E-state index contributed by atoms with van der Waals surface area (Å²) in [5.74, 6) is 0.201. The molecular formula is C6H13ClO3. The molecule has 4 heteroatoms. The minimum absolute atomic E-state index is 0.201. The van der Waals surface area contributed by atoms with E-state index in [1.165, 1.54) is 0 Å². The quantitative estimate of drug-likeness (QED) is 0.359. The van der Waals surface area contributed by atoms with Crippen LogP contribution in [0.4, 0.5) is 0 Å². The van der Waals surface area contributed by atoms with Crippen LogP contribution in [0, 0.1) is 0 Å². The maximum absolute atomic E-state index is 8.84. The number of aliphatic hydroxyl groups is 1. The van der Waals surface area contributed by atoms with Gasteiger partial charge in [0.15, 0.2) is 0 Å². The molecule has 0 aliphatic heterocycles. The summed E-state index contributed by atoms with van der Waals surface area (Å²) in [7, 11) is 0. The standard InChI is InChI=1S/C6H13ClO3/c1-2-9-5-10-4-6(8)3-7/h6,8H,2-5H2,1H3. The maximum atomic E-state index is 8.84. The van der Waals surface area contributed by atoms with E-state index in [1.54, 1.807) is 0 Å². The summed E-state index contributed by atoms with van der Waals surface area (Å²) in [6.07, 6.45) is -0.581. The van der Waals surface area contributed by atoms with E-state index < -0.39 is 6.10 Å². The minimum Gasteiger partial charge on any atom is -0.389 e. The fourth-order valence-electron chi connectivity index (χ4n) is 0.371. The van der Waals surface area contributed by atoms with Crippen molar-refractivity contribution in [1.82, 2.24) is 0 Å². The predicted octanol–water partition coefficient (Wildman–Crippen LogP) is 0.597. The Bertz CT molecular complexity index is 70.0. The van der Waals surface area contributed by atoms with Crippen molar-refractivity contribution in [3.05, 3.63) is 0 Å². The van der Waals surface area contributed by atoms with Crippen LogP contribution in [0.2, 0.25) is 0 Å². The summed E-state index contributed by atoms with van der Waals surface area (Å²) in [5, 5.41) is 8.84. The molecule has 10 heavy (non-hydrogen) atoms. The van der Waals surface area contributed by atoms with Gasteiger partial charge in [-0.2, -0.15) is 0 Å². The van der Waals surface area contributed by atoms with E-state index in [1.807, 2.05) is 6.92 Å². The Balaban J connectivity index is 2.89. The Hall–Kier alpha value is 0.170. The summed E-state index contributed by atoms with van der Waals surface area (Å²) < 4.78 is 9.72. The first-order valence-corrected chi connectivity index (χ1v) is 3.74. The van der Waals surface area contributed by atoms with Gasteiger partial charge < -0.3 is 14.6 Å². The highest BCUT2D eigenvalue weighted by Crippen LogP contribution is 1.88. The second kappa shape index (κ2) is 7.28. The lowest BCUT2D eigenvalue weighted by molar-refractivity contribution is -0.0716. The van der Waals surface area contributed by atoms with E-state index in [9.17, 15) is 0 Å². The summed E-state index contributed by atoms with van der Waals surface area (Å²) >= 11 is 5.29. The molecule has 0 radical (unpaired) electrons. The smallest absolute Gasteiger partial charge is 0.146 e. The van der Waals surface area contributed by atoms with Crippen LogP contribution >= 0.6 is 11.6 Å². The van der Waals surface area contributed by atoms with Crippen molar-refractivity contribution < 1.29 is 14.6 Å². The van der Waals surface area contributed by atoms with Gasteiger partial charge in [-0.15, -0.1) is 11.6 Å². The lowest BCUT2D eigenvalue weighted by Crippen LogP contribution is -2.17. The first kappa shape index (κ1) is 10.2. The molecule has 0 saturated carbocycles. The summed E-state index contributed by atoms with van der Waals surface area (Å²) in [6.45, 7) is 2.96. The highest BCUT2D eigenvalue weighted by Gasteiger charge is 1.99. The fourth-order valence-corrected chi connectivity index (χ4v) is 0.460. The van der Waals surface area contributed by atoms with E-state index in [0.29, 0.717) is 6.61 Å². The number of alkyl halides is 1. The monoisotopic (exact) mass is 168 g/mol. The number of rotatable bonds is 6. The van der Waals surface area contributed by atoms with Crippen LogP contribution in [0.3, 0.4) is 0 Å². The maximum Gasteiger partial charge on any atom is 0.146 e. The van der Waals surface area contributed by atoms with Gasteiger partial charge in [0.2, 0.25) is 0 Å². The van der Waals surface area contributed by atoms with Gasteiger partial charge in [0.1, 0.15) is 6.79 Å². The average Bonchev–Trinajstić information content (AvgIpc) is 1.98. The molecular weight excluding hydrogens is 156 g/mol. The molecule has 1 unspecified atom stereocenters. The average molecular weight is 169 g/mol. The molecule has 0 amide bonds. The third-order valence-electron chi connectivity index (χ3n) is 0.859. The van der Waals surface area contributed by atoms with Gasteiger partial charge in [0.25, 0.3) is 0 Å². The number of halogens is 1. The lowest BCUT2D eigenvalue weighted by Gasteiger charge is -2.06. The summed E-state index contributed by atoms with van der Waals surface area (Å²) in [5.41, 5.74) is 0. The molecule has 0 aromatic heterocycles. The van der Waals surface area contributed by atoms with Crippen molar-refractivity contribution in [1.29, 1.82) is 0 Å². The van der Waals surface area contributed by atoms with Crippen molar-refractivity contribution in [2.75, 3.05) is 25.9 Å². The van der Waals surface area contributed by atoms with E-state index in [-0.39, 0.29) is 19.3 Å². The zero-order valence-electron chi connectivity index (χ0n) is 6.05. The van der Waals surface area contributed by atoms with Gasteiger partial charge in [-0.3, -0.25) is 0 Å². The zero-order chi connectivity index (χ0) is 7.82. The molecule has 0 fully saturated rings. The normalized spacial score (nSPS) is 13.5. The number of aliphatic hydroxyl groups excluding tert-OH is 1. The molecule has 62 valence electrons. The minimum atomic E-state index is -0.581. The Labute approximate surface area is 65.9 Å². The molecule has 0 bridgehead atoms. The Morgan fingerprint density at radius 1 is 1.50 bits per heavy atom. The largest absolute Gasteiger partial charge is 0.389 e. The summed E-state index contributed by atoms with van der Waals surface area (Å²) in [6, 6.07) is 0. The number of hydrogen-bond donors (Lipinski definition) is 1. The summed E-state index contributed by atoms with van der Waals surface area (Å²) in [4.78, 5) is 0. The predicted molar refractivity (Wildman–Crippen MR) is 39.2 cm³/mol. The van der Waals surface area contributed by atoms with Crippen LogP contribution in [-0.4, -0.2) is 37.1 Å². The van der Waals surface area contributed by atoms with Gasteiger partial charge >= 0.3 is 0 Å². The SMILES string of the molecule is CCOCOCC(O)CCl. The molecule has 0 aliphatic rings. The van der Waals surface area contributed by atoms with Crippen LogP contribution in [0.1, 0.15) is 6.92 Å². The van der Waals surface area contributed by atoms with Gasteiger partial charge in [-0.1, -0.05) is 0 Å². The van der Waals surface area contributed by atoms with Crippen molar-refractivity contribution in [2.24, 2.45) is 0 Å². The second-order valence-electron chi connectivity index (χ2n) is 1.79. The van der Waals surface area contributed by atoms with Crippen LogP contribution in [0.25, 0.3) is 0 Å². The molecule has 0 heterocycles. The molecule has 0 spiro atoms. The fraction of sp³-hybridized carbons (Fsp3) is 1.00. The molecule has 0 aliphatic carbocycles. The van der Waals surface area contributed by atoms with E-state index in [0.717, 1.165) is 0 Å². The zero-order valence-corrected chi connectivity index (χ0v) is 6.80. The van der Waals surface area contributed by atoms with E-state index >= 15 is 0 Å². The van der Waals surface area contributed by atoms with Crippen molar-refractivity contribution in [2.45, 2.75) is 13.0 Å². The first-order chi connectivity index (χ1) is 4.81. The molecule has 1 atom stereocenters. The van der Waals surface area contributed by atoms with Crippen molar-refractivity contribution in [3.8, 4) is 0 Å². The molecule has 0 aromatic carbocycles. The van der Waals surface area contributed by atoms with Crippen LogP contribution < -0.4 is 0 Å². The number of hydrogen-bond acceptors (Lipinski definition) is 3. The van der Waals surface area contributed by atoms with Gasteiger partial charge in [-0.25, -0.2) is 0 Å². The van der Waals surface area contributed by atoms with Gasteiger partial charge in [0, 0.05) is 6.61 Å². The third kappa shape index (κ3) is 6.29. The van der Waals surface area contributed by atoms with Crippen LogP contribution in [0.15, 0.2) is 0 Å². The highest BCUT2D eigenvalue weighted by atomic mass is 35.5. The topological polar surface area (TPSA) is 38.7 Å². The van der Waals surface area contributed by atoms with Gasteiger partial charge in [-0.05, 0) is 6.92 Å². The molecule has 3 nitrogen and oxygen atoms in total. The first-order valence-electron chi connectivity index (χ1n) is 3.20. The molecule has 0 aromatic rings. The van der Waals surface area contributed by atoms with Crippen LogP contribution in [0.5, 0.6) is 0 Å². The number of ether oxygens (including phenoxy) is 2. The van der Waals surface area contributed by atoms with E-state index in [2.05, 4.69) is 0 Å². The lowest BCUT2D eigenvalue weighted by atomic mass is 10.4. The highest BCUT2D eigenvalue weighted by molar-refractivity contribution is 6.18. The molecule has 0 saturated heterocycles. The van der Waals surface area contributed by atoms with Crippen LogP contribution in [-0.2, 0) is 9.47 Å². The van der Waals surface area contributed by atoms with Crippen molar-refractivity contribution in [3.63, 3.8) is 0 Å². The Morgan fingerprint density at radius 2 is 2.20 bits per heavy atom. The van der Waals surface area contributed by atoms with Gasteiger partial charge in [0.05, 0.1) is 18.6 Å². The molecule has 0 rings (SSSR count). The van der Waals surface area contributed by atoms with E-state index in [4.69, 9.17) is 26.2 Å². The third-order valence-corrected chi connectivity index (χ3v) is 1.22.